The summed E-state index contributed by atoms with van der Waals surface area (Å²) in [7, 11) is 1.66. The maximum absolute atomic E-state index is 11.7. The van der Waals surface area contributed by atoms with Crippen LogP contribution in [-0.4, -0.2) is 25.2 Å². The largest absolute Gasteiger partial charge is 0.496 e. The van der Waals surface area contributed by atoms with Gasteiger partial charge in [-0.15, -0.1) is 0 Å². The third kappa shape index (κ3) is 6.52. The van der Waals surface area contributed by atoms with Crippen molar-refractivity contribution in [3.8, 4) is 11.5 Å². The first-order valence-electron chi connectivity index (χ1n) is 7.46. The summed E-state index contributed by atoms with van der Waals surface area (Å²) >= 11 is 0. The number of ether oxygens (including phenoxy) is 2. The first kappa shape index (κ1) is 17.3. The van der Waals surface area contributed by atoms with Crippen LogP contribution in [-0.2, 0) is 11.2 Å². The van der Waals surface area contributed by atoms with Gasteiger partial charge < -0.3 is 14.8 Å². The summed E-state index contributed by atoms with van der Waals surface area (Å²) in [5.41, 5.74) is 0.982. The Bertz CT molecular complexity index is 464. The van der Waals surface area contributed by atoms with Gasteiger partial charge in [0.05, 0.1) is 13.7 Å². The quantitative estimate of drug-likeness (QED) is 0.784. The van der Waals surface area contributed by atoms with E-state index in [1.807, 2.05) is 39.0 Å². The van der Waals surface area contributed by atoms with Crippen molar-refractivity contribution in [2.75, 3.05) is 13.7 Å². The van der Waals surface area contributed by atoms with Gasteiger partial charge in [0.2, 0.25) is 5.91 Å². The van der Waals surface area contributed by atoms with Crippen LogP contribution in [0.3, 0.4) is 0 Å². The predicted octanol–water partition coefficient (Wildman–Crippen LogP) is 3.33. The molecule has 1 N–H and O–H groups in total. The molecule has 0 atom stereocenters. The molecule has 0 heterocycles. The van der Waals surface area contributed by atoms with Crippen molar-refractivity contribution < 1.29 is 14.3 Å². The van der Waals surface area contributed by atoms with Crippen molar-refractivity contribution >= 4 is 5.91 Å². The minimum Gasteiger partial charge on any atom is -0.496 e. The van der Waals surface area contributed by atoms with Crippen molar-refractivity contribution in [3.63, 3.8) is 0 Å². The molecule has 0 bridgehead atoms. The minimum atomic E-state index is -0.179. The number of aryl methyl sites for hydroxylation is 1. The average molecular weight is 293 g/mol. The van der Waals surface area contributed by atoms with Crippen LogP contribution in [0.4, 0.5) is 0 Å². The van der Waals surface area contributed by atoms with Crippen molar-refractivity contribution in [2.24, 2.45) is 0 Å². The molecule has 1 aromatic rings. The number of amides is 1. The topological polar surface area (TPSA) is 47.6 Å². The van der Waals surface area contributed by atoms with E-state index in [9.17, 15) is 4.79 Å². The smallest absolute Gasteiger partial charge is 0.220 e. The Morgan fingerprint density at radius 2 is 2.00 bits per heavy atom. The van der Waals surface area contributed by atoms with Gasteiger partial charge >= 0.3 is 0 Å². The molecule has 0 fully saturated rings. The Hall–Kier alpha value is -1.71. The van der Waals surface area contributed by atoms with Gasteiger partial charge in [-0.1, -0.05) is 13.0 Å². The molecule has 1 amide bonds. The third-order valence-corrected chi connectivity index (χ3v) is 2.97. The lowest BCUT2D eigenvalue weighted by atomic mass is 10.1. The van der Waals surface area contributed by atoms with E-state index in [2.05, 4.69) is 12.2 Å². The molecule has 0 aliphatic heterocycles. The van der Waals surface area contributed by atoms with Crippen LogP contribution in [0.25, 0.3) is 0 Å². The van der Waals surface area contributed by atoms with Crippen LogP contribution in [0.5, 0.6) is 11.5 Å². The molecule has 21 heavy (non-hydrogen) atoms. The zero-order valence-electron chi connectivity index (χ0n) is 13.8. The van der Waals surface area contributed by atoms with Gasteiger partial charge in [0.25, 0.3) is 0 Å². The van der Waals surface area contributed by atoms with E-state index in [4.69, 9.17) is 9.47 Å². The number of carbonyl (C=O) groups excluding carboxylic acids is 1. The van der Waals surface area contributed by atoms with Crippen LogP contribution < -0.4 is 14.8 Å². The molecule has 118 valence electrons. The summed E-state index contributed by atoms with van der Waals surface area (Å²) in [6, 6.07) is 5.85. The zero-order chi connectivity index (χ0) is 15.9. The van der Waals surface area contributed by atoms with E-state index in [0.717, 1.165) is 23.5 Å². The SMILES string of the molecule is CCc1ccc(OCCCC(=O)NC(C)(C)C)cc1OC. The van der Waals surface area contributed by atoms with Gasteiger partial charge in [0, 0.05) is 18.0 Å². The standard InChI is InChI=1S/C17H27NO3/c1-6-13-9-10-14(12-15(13)20-5)21-11-7-8-16(19)18-17(2,3)4/h9-10,12H,6-8,11H2,1-5H3,(H,18,19). The molecule has 0 radical (unpaired) electrons. The summed E-state index contributed by atoms with van der Waals surface area (Å²) in [4.78, 5) is 11.7. The van der Waals surface area contributed by atoms with Gasteiger partial charge in [-0.05, 0) is 45.2 Å². The second kappa shape index (κ2) is 7.91. The van der Waals surface area contributed by atoms with Crippen molar-refractivity contribution in [3.05, 3.63) is 23.8 Å². The molecule has 4 nitrogen and oxygen atoms in total. The lowest BCUT2D eigenvalue weighted by Crippen LogP contribution is -2.40. The molecule has 0 saturated heterocycles. The summed E-state index contributed by atoms with van der Waals surface area (Å²) in [5.74, 6) is 1.69. The molecule has 0 aliphatic carbocycles. The van der Waals surface area contributed by atoms with E-state index in [0.29, 0.717) is 19.4 Å². The van der Waals surface area contributed by atoms with Gasteiger partial charge in [0.1, 0.15) is 11.5 Å². The number of carbonyl (C=O) groups is 1. The molecular formula is C17H27NO3. The van der Waals surface area contributed by atoms with Gasteiger partial charge in [-0.3, -0.25) is 4.79 Å². The van der Waals surface area contributed by atoms with Crippen LogP contribution in [0.2, 0.25) is 0 Å². The van der Waals surface area contributed by atoms with Crippen LogP contribution in [0, 0.1) is 0 Å². The Balaban J connectivity index is 2.38. The fourth-order valence-electron chi connectivity index (χ4n) is 2.01. The van der Waals surface area contributed by atoms with E-state index >= 15 is 0 Å². The Kier molecular flexibility index (Phi) is 6.53. The molecule has 4 heteroatoms. The number of benzene rings is 1. The Morgan fingerprint density at radius 1 is 1.29 bits per heavy atom. The van der Waals surface area contributed by atoms with Crippen LogP contribution in [0.1, 0.15) is 46.1 Å². The molecular weight excluding hydrogens is 266 g/mol. The molecule has 1 aromatic carbocycles. The highest BCUT2D eigenvalue weighted by atomic mass is 16.5. The molecule has 1 rings (SSSR count). The monoisotopic (exact) mass is 293 g/mol. The predicted molar refractivity (Wildman–Crippen MR) is 85.0 cm³/mol. The van der Waals surface area contributed by atoms with Crippen molar-refractivity contribution in [1.29, 1.82) is 0 Å². The van der Waals surface area contributed by atoms with Crippen molar-refractivity contribution in [1.82, 2.24) is 5.32 Å². The number of hydrogen-bond acceptors (Lipinski definition) is 3. The highest BCUT2D eigenvalue weighted by molar-refractivity contribution is 5.76. The fourth-order valence-corrected chi connectivity index (χ4v) is 2.01. The lowest BCUT2D eigenvalue weighted by Gasteiger charge is -2.20. The van der Waals surface area contributed by atoms with Crippen LogP contribution >= 0.6 is 0 Å². The Labute approximate surface area is 127 Å². The maximum Gasteiger partial charge on any atom is 0.220 e. The van der Waals surface area contributed by atoms with Crippen LogP contribution in [0.15, 0.2) is 18.2 Å². The molecule has 0 aromatic heterocycles. The summed E-state index contributed by atoms with van der Waals surface area (Å²) in [5, 5.41) is 2.94. The summed E-state index contributed by atoms with van der Waals surface area (Å²) in [6.07, 6.45) is 2.09. The zero-order valence-corrected chi connectivity index (χ0v) is 13.8. The lowest BCUT2D eigenvalue weighted by molar-refractivity contribution is -0.122. The number of nitrogens with one attached hydrogen (secondary N) is 1. The normalized spacial score (nSPS) is 11.1. The van der Waals surface area contributed by atoms with E-state index < -0.39 is 0 Å². The molecule has 0 unspecified atom stereocenters. The maximum atomic E-state index is 11.7. The highest BCUT2D eigenvalue weighted by Crippen LogP contribution is 2.25. The first-order chi connectivity index (χ1) is 9.85. The van der Waals surface area contributed by atoms with E-state index in [1.54, 1.807) is 7.11 Å². The average Bonchev–Trinajstić information content (AvgIpc) is 2.41. The summed E-state index contributed by atoms with van der Waals surface area (Å²) < 4.78 is 11.0. The number of rotatable bonds is 7. The second-order valence-electron chi connectivity index (χ2n) is 6.08. The summed E-state index contributed by atoms with van der Waals surface area (Å²) in [6.45, 7) is 8.54. The molecule has 0 spiro atoms. The fraction of sp³-hybridized carbons (Fsp3) is 0.588. The van der Waals surface area contributed by atoms with Gasteiger partial charge in [0.15, 0.2) is 0 Å². The van der Waals surface area contributed by atoms with E-state index in [1.165, 1.54) is 0 Å². The molecule has 0 saturated carbocycles. The number of hydrogen-bond donors (Lipinski definition) is 1. The van der Waals surface area contributed by atoms with Gasteiger partial charge in [-0.25, -0.2) is 0 Å². The highest BCUT2D eigenvalue weighted by Gasteiger charge is 2.13. The molecule has 0 aliphatic rings. The third-order valence-electron chi connectivity index (χ3n) is 2.97. The van der Waals surface area contributed by atoms with Crippen molar-refractivity contribution in [2.45, 2.75) is 52.5 Å². The van der Waals surface area contributed by atoms with Gasteiger partial charge in [-0.2, -0.15) is 0 Å². The second-order valence-corrected chi connectivity index (χ2v) is 6.08. The van der Waals surface area contributed by atoms with E-state index in [-0.39, 0.29) is 11.4 Å². The minimum absolute atomic E-state index is 0.0602. The number of methoxy groups -OCH3 is 1. The first-order valence-corrected chi connectivity index (χ1v) is 7.46. The Morgan fingerprint density at radius 3 is 2.57 bits per heavy atom.